The predicted molar refractivity (Wildman–Crippen MR) is 41.1 cm³/mol. The average Bonchev–Trinajstić information content (AvgIpc) is 2.13. The van der Waals surface area contributed by atoms with Crippen molar-refractivity contribution in [2.45, 2.75) is 19.9 Å². The summed E-state index contributed by atoms with van der Waals surface area (Å²) in [6.07, 6.45) is 0.932. The Kier molecular flexibility index (Phi) is 2.06. The maximum absolute atomic E-state index is 10.8. The van der Waals surface area contributed by atoms with Crippen LogP contribution in [0.4, 0.5) is 5.13 Å². The summed E-state index contributed by atoms with van der Waals surface area (Å²) in [6.45, 7) is 2.72. The average molecular weight is 159 g/mol. The topological polar surface area (TPSA) is 60.9 Å². The van der Waals surface area contributed by atoms with E-state index in [1.165, 1.54) is 11.5 Å². The molecule has 4 nitrogen and oxygen atoms in total. The third kappa shape index (κ3) is 1.36. The number of rotatable bonds is 2. The van der Waals surface area contributed by atoms with Gasteiger partial charge in [0.15, 0.2) is 0 Å². The van der Waals surface area contributed by atoms with Crippen molar-refractivity contribution in [1.82, 2.24) is 8.94 Å². The zero-order valence-corrected chi connectivity index (χ0v) is 6.52. The molecular weight excluding hydrogens is 150 g/mol. The number of nitrogens with two attached hydrogens (primary N) is 1. The van der Waals surface area contributed by atoms with E-state index in [2.05, 4.69) is 4.98 Å². The van der Waals surface area contributed by atoms with Crippen molar-refractivity contribution < 1.29 is 0 Å². The fourth-order valence-electron chi connectivity index (χ4n) is 0.667. The van der Waals surface area contributed by atoms with Gasteiger partial charge in [-0.05, 0) is 18.0 Å². The van der Waals surface area contributed by atoms with Gasteiger partial charge in [0, 0.05) is 6.54 Å². The highest BCUT2D eigenvalue weighted by atomic mass is 32.1. The van der Waals surface area contributed by atoms with E-state index in [1.54, 1.807) is 3.96 Å². The van der Waals surface area contributed by atoms with Crippen LogP contribution in [0.15, 0.2) is 4.79 Å². The third-order valence-electron chi connectivity index (χ3n) is 1.05. The molecule has 0 aromatic carbocycles. The van der Waals surface area contributed by atoms with Crippen LogP contribution in [0.2, 0.25) is 0 Å². The second-order valence-corrected chi connectivity index (χ2v) is 2.97. The Balaban J connectivity index is 2.92. The van der Waals surface area contributed by atoms with Gasteiger partial charge < -0.3 is 5.73 Å². The van der Waals surface area contributed by atoms with Crippen LogP contribution >= 0.6 is 11.5 Å². The summed E-state index contributed by atoms with van der Waals surface area (Å²) in [6, 6.07) is 0. The molecule has 0 fully saturated rings. The summed E-state index contributed by atoms with van der Waals surface area (Å²) in [5.74, 6) is 0. The number of nitrogen functional groups attached to an aromatic ring is 1. The van der Waals surface area contributed by atoms with E-state index in [4.69, 9.17) is 5.73 Å². The lowest BCUT2D eigenvalue weighted by Gasteiger charge is -1.90. The SMILES string of the molecule is CCCn1sc(N)nc1=O. The van der Waals surface area contributed by atoms with Crippen LogP contribution in [-0.2, 0) is 6.54 Å². The molecule has 10 heavy (non-hydrogen) atoms. The van der Waals surface area contributed by atoms with Crippen LogP contribution in [0, 0.1) is 0 Å². The summed E-state index contributed by atoms with van der Waals surface area (Å²) in [4.78, 5) is 14.3. The molecule has 0 bridgehead atoms. The van der Waals surface area contributed by atoms with Crippen LogP contribution in [-0.4, -0.2) is 8.94 Å². The Bertz CT molecular complexity index is 264. The van der Waals surface area contributed by atoms with Crippen molar-refractivity contribution in [3.8, 4) is 0 Å². The molecule has 0 aliphatic rings. The molecule has 5 heteroatoms. The zero-order valence-electron chi connectivity index (χ0n) is 5.70. The Hall–Kier alpha value is -0.840. The second-order valence-electron chi connectivity index (χ2n) is 1.93. The molecule has 56 valence electrons. The molecule has 0 aliphatic heterocycles. The first-order chi connectivity index (χ1) is 4.74. The van der Waals surface area contributed by atoms with Crippen LogP contribution < -0.4 is 11.4 Å². The molecule has 0 spiro atoms. The summed E-state index contributed by atoms with van der Waals surface area (Å²) in [5.41, 5.74) is 5.06. The van der Waals surface area contributed by atoms with Crippen molar-refractivity contribution in [3.63, 3.8) is 0 Å². The van der Waals surface area contributed by atoms with Gasteiger partial charge in [0.1, 0.15) is 0 Å². The zero-order chi connectivity index (χ0) is 7.56. The van der Waals surface area contributed by atoms with Gasteiger partial charge in [-0.2, -0.15) is 4.98 Å². The minimum atomic E-state index is -0.232. The number of hydrogen-bond acceptors (Lipinski definition) is 4. The summed E-state index contributed by atoms with van der Waals surface area (Å²) >= 11 is 1.21. The first kappa shape index (κ1) is 7.27. The largest absolute Gasteiger partial charge is 0.374 e. The minimum absolute atomic E-state index is 0.232. The molecule has 1 rings (SSSR count). The quantitative estimate of drug-likeness (QED) is 0.675. The van der Waals surface area contributed by atoms with E-state index in [1.807, 2.05) is 6.92 Å². The Morgan fingerprint density at radius 2 is 2.50 bits per heavy atom. The molecule has 0 atom stereocenters. The molecule has 0 aliphatic carbocycles. The smallest absolute Gasteiger partial charge is 0.359 e. The monoisotopic (exact) mass is 159 g/mol. The van der Waals surface area contributed by atoms with Gasteiger partial charge in [-0.15, -0.1) is 0 Å². The van der Waals surface area contributed by atoms with Crippen molar-refractivity contribution in [2.75, 3.05) is 5.73 Å². The van der Waals surface area contributed by atoms with E-state index < -0.39 is 0 Å². The van der Waals surface area contributed by atoms with Crippen LogP contribution in [0.1, 0.15) is 13.3 Å². The Morgan fingerprint density at radius 3 is 2.90 bits per heavy atom. The van der Waals surface area contributed by atoms with Gasteiger partial charge >= 0.3 is 5.69 Å². The normalized spacial score (nSPS) is 10.1. The van der Waals surface area contributed by atoms with Crippen molar-refractivity contribution in [3.05, 3.63) is 10.5 Å². The Morgan fingerprint density at radius 1 is 1.80 bits per heavy atom. The first-order valence-electron chi connectivity index (χ1n) is 3.07. The highest BCUT2D eigenvalue weighted by Gasteiger charge is 1.99. The van der Waals surface area contributed by atoms with Crippen molar-refractivity contribution >= 4 is 16.7 Å². The van der Waals surface area contributed by atoms with E-state index in [-0.39, 0.29) is 5.69 Å². The van der Waals surface area contributed by atoms with E-state index in [0.717, 1.165) is 6.42 Å². The molecule has 0 saturated carbocycles. The van der Waals surface area contributed by atoms with E-state index in [9.17, 15) is 4.79 Å². The van der Waals surface area contributed by atoms with E-state index in [0.29, 0.717) is 11.7 Å². The molecule has 2 N–H and O–H groups in total. The number of nitrogens with zero attached hydrogens (tertiary/aromatic N) is 2. The van der Waals surface area contributed by atoms with Gasteiger partial charge in [-0.3, -0.25) is 0 Å². The third-order valence-corrected chi connectivity index (χ3v) is 1.89. The molecule has 0 saturated heterocycles. The van der Waals surface area contributed by atoms with Crippen LogP contribution in [0.3, 0.4) is 0 Å². The lowest BCUT2D eigenvalue weighted by atomic mass is 10.5. The molecule has 0 radical (unpaired) electrons. The highest BCUT2D eigenvalue weighted by Crippen LogP contribution is 2.02. The molecule has 0 unspecified atom stereocenters. The van der Waals surface area contributed by atoms with Gasteiger partial charge in [0.2, 0.25) is 5.13 Å². The van der Waals surface area contributed by atoms with Crippen LogP contribution in [0.5, 0.6) is 0 Å². The van der Waals surface area contributed by atoms with Gasteiger partial charge in [0.25, 0.3) is 0 Å². The number of anilines is 1. The first-order valence-corrected chi connectivity index (χ1v) is 3.85. The molecular formula is C5H9N3OS. The van der Waals surface area contributed by atoms with Crippen LogP contribution in [0.25, 0.3) is 0 Å². The fourth-order valence-corrected chi connectivity index (χ4v) is 1.40. The lowest BCUT2D eigenvalue weighted by Crippen LogP contribution is -2.14. The van der Waals surface area contributed by atoms with Crippen molar-refractivity contribution in [2.24, 2.45) is 0 Å². The number of hydrogen-bond donors (Lipinski definition) is 1. The molecule has 0 amide bonds. The predicted octanol–water partition coefficient (Wildman–Crippen LogP) is 0.297. The minimum Gasteiger partial charge on any atom is -0.374 e. The van der Waals surface area contributed by atoms with Gasteiger partial charge in [-0.1, -0.05) is 6.92 Å². The molecule has 1 aromatic heterocycles. The molecule has 1 aromatic rings. The Labute approximate surface area is 62.5 Å². The summed E-state index contributed by atoms with van der Waals surface area (Å²) in [5, 5.41) is 0.346. The maximum Gasteiger partial charge on any atom is 0.359 e. The fraction of sp³-hybridized carbons (Fsp3) is 0.600. The number of aromatic nitrogens is 2. The lowest BCUT2D eigenvalue weighted by molar-refractivity contribution is 0.701. The molecule has 1 heterocycles. The summed E-state index contributed by atoms with van der Waals surface area (Å²) in [7, 11) is 0. The number of aryl methyl sites for hydroxylation is 1. The van der Waals surface area contributed by atoms with E-state index >= 15 is 0 Å². The standard InChI is InChI=1S/C5H9N3OS/c1-2-3-8-5(9)7-4(6)10-8/h2-3H2,1H3,(H2,6,7,9). The second kappa shape index (κ2) is 2.83. The van der Waals surface area contributed by atoms with Gasteiger partial charge in [0.05, 0.1) is 0 Å². The highest BCUT2D eigenvalue weighted by molar-refractivity contribution is 7.10. The summed E-state index contributed by atoms with van der Waals surface area (Å²) < 4.78 is 1.55. The van der Waals surface area contributed by atoms with Gasteiger partial charge in [-0.25, -0.2) is 8.75 Å². The van der Waals surface area contributed by atoms with Crippen molar-refractivity contribution in [1.29, 1.82) is 0 Å². The maximum atomic E-state index is 10.8.